The summed E-state index contributed by atoms with van der Waals surface area (Å²) in [4.78, 5) is 0.832. The Balaban J connectivity index is 0.00000112. The fourth-order valence-electron chi connectivity index (χ4n) is 2.04. The van der Waals surface area contributed by atoms with Crippen molar-refractivity contribution in [2.75, 3.05) is 7.11 Å². The monoisotopic (exact) mass is 332 g/mol. The molecule has 126 valence electrons. The molecule has 0 unspecified atom stereocenters. The summed E-state index contributed by atoms with van der Waals surface area (Å²) in [5.74, 6) is 1.47. The van der Waals surface area contributed by atoms with E-state index in [4.69, 9.17) is 9.47 Å². The highest BCUT2D eigenvalue weighted by Gasteiger charge is 2.14. The van der Waals surface area contributed by atoms with E-state index in [0.717, 1.165) is 27.3 Å². The van der Waals surface area contributed by atoms with Gasteiger partial charge < -0.3 is 9.47 Å². The van der Waals surface area contributed by atoms with Gasteiger partial charge in [0, 0.05) is 0 Å². The number of methoxy groups -OCH3 is 1. The molecule has 23 heavy (non-hydrogen) atoms. The van der Waals surface area contributed by atoms with Crippen LogP contribution in [0.5, 0.6) is 11.5 Å². The van der Waals surface area contributed by atoms with E-state index in [1.807, 2.05) is 58.0 Å². The first-order chi connectivity index (χ1) is 11.1. The van der Waals surface area contributed by atoms with Crippen LogP contribution in [0.3, 0.4) is 0 Å². The normalized spacial score (nSPS) is 8.96. The largest absolute Gasteiger partial charge is 0.493 e. The lowest BCUT2D eigenvalue weighted by Crippen LogP contribution is -2.01. The Hall–Kier alpha value is -1.87. The number of benzene rings is 2. The summed E-state index contributed by atoms with van der Waals surface area (Å²) in [5, 5.41) is 0. The SMILES string of the molecule is C=C.CC.COc1c(C)cc(C)c(S)c1OCc1ccccc1. The number of hydrogen-bond donors (Lipinski definition) is 1. The van der Waals surface area contributed by atoms with Gasteiger partial charge in [-0.1, -0.05) is 50.2 Å². The summed E-state index contributed by atoms with van der Waals surface area (Å²) < 4.78 is 11.3. The van der Waals surface area contributed by atoms with E-state index in [1.165, 1.54) is 0 Å². The third-order valence-electron chi connectivity index (χ3n) is 3.02. The quantitative estimate of drug-likeness (QED) is 0.546. The van der Waals surface area contributed by atoms with Crippen LogP contribution >= 0.6 is 12.6 Å². The lowest BCUT2D eigenvalue weighted by molar-refractivity contribution is 0.276. The van der Waals surface area contributed by atoms with Crippen molar-refractivity contribution < 1.29 is 9.47 Å². The minimum absolute atomic E-state index is 0.508. The molecular weight excluding hydrogens is 304 g/mol. The van der Waals surface area contributed by atoms with Gasteiger partial charge in [-0.05, 0) is 30.5 Å². The zero-order valence-corrected chi connectivity index (χ0v) is 15.7. The maximum atomic E-state index is 5.91. The summed E-state index contributed by atoms with van der Waals surface area (Å²) in [6, 6.07) is 12.1. The number of hydrogen-bond acceptors (Lipinski definition) is 3. The van der Waals surface area contributed by atoms with Crippen molar-refractivity contribution >= 4 is 12.6 Å². The van der Waals surface area contributed by atoms with Gasteiger partial charge in [0.05, 0.1) is 12.0 Å². The molecule has 0 fully saturated rings. The molecule has 0 aromatic heterocycles. The Morgan fingerprint density at radius 1 is 0.957 bits per heavy atom. The predicted octanol–water partition coefficient (Wildman–Crippen LogP) is 6.01. The fraction of sp³-hybridized carbons (Fsp3) is 0.300. The molecule has 0 saturated carbocycles. The van der Waals surface area contributed by atoms with Crippen LogP contribution in [-0.2, 0) is 6.61 Å². The zero-order chi connectivity index (χ0) is 17.8. The van der Waals surface area contributed by atoms with Gasteiger partial charge >= 0.3 is 0 Å². The minimum atomic E-state index is 0.508. The Bertz CT molecular complexity index is 580. The van der Waals surface area contributed by atoms with Gasteiger partial charge in [-0.25, -0.2) is 0 Å². The molecule has 2 rings (SSSR count). The van der Waals surface area contributed by atoms with E-state index >= 15 is 0 Å². The molecular formula is C20H28O2S. The maximum absolute atomic E-state index is 5.91. The second-order valence-electron chi connectivity index (χ2n) is 4.50. The van der Waals surface area contributed by atoms with Gasteiger partial charge in [0.15, 0.2) is 11.5 Å². The summed E-state index contributed by atoms with van der Waals surface area (Å²) in [6.45, 7) is 14.5. The summed E-state index contributed by atoms with van der Waals surface area (Å²) in [5.41, 5.74) is 3.27. The summed E-state index contributed by atoms with van der Waals surface area (Å²) in [6.07, 6.45) is 0. The van der Waals surface area contributed by atoms with Crippen LogP contribution in [0.2, 0.25) is 0 Å². The van der Waals surface area contributed by atoms with Crippen LogP contribution in [-0.4, -0.2) is 7.11 Å². The van der Waals surface area contributed by atoms with Crippen molar-refractivity contribution in [1.82, 2.24) is 0 Å². The average molecular weight is 333 g/mol. The molecule has 0 saturated heterocycles. The number of rotatable bonds is 4. The minimum Gasteiger partial charge on any atom is -0.493 e. The molecule has 0 amide bonds. The molecule has 0 radical (unpaired) electrons. The molecule has 0 bridgehead atoms. The molecule has 0 aliphatic rings. The molecule has 2 aromatic rings. The van der Waals surface area contributed by atoms with Gasteiger partial charge in [0.2, 0.25) is 0 Å². The molecule has 0 spiro atoms. The van der Waals surface area contributed by atoms with Crippen LogP contribution in [0.4, 0.5) is 0 Å². The van der Waals surface area contributed by atoms with E-state index in [1.54, 1.807) is 7.11 Å². The second kappa shape index (κ2) is 11.7. The summed E-state index contributed by atoms with van der Waals surface area (Å²) in [7, 11) is 1.65. The lowest BCUT2D eigenvalue weighted by Gasteiger charge is -2.16. The molecule has 2 nitrogen and oxygen atoms in total. The van der Waals surface area contributed by atoms with E-state index in [-0.39, 0.29) is 0 Å². The van der Waals surface area contributed by atoms with Gasteiger partial charge in [-0.2, -0.15) is 0 Å². The molecule has 2 aromatic carbocycles. The second-order valence-corrected chi connectivity index (χ2v) is 4.94. The van der Waals surface area contributed by atoms with Crippen LogP contribution in [0.25, 0.3) is 0 Å². The van der Waals surface area contributed by atoms with E-state index in [9.17, 15) is 0 Å². The van der Waals surface area contributed by atoms with Crippen molar-refractivity contribution in [2.45, 2.75) is 39.2 Å². The van der Waals surface area contributed by atoms with Crippen LogP contribution < -0.4 is 9.47 Å². The number of thiol groups is 1. The van der Waals surface area contributed by atoms with Gasteiger partial charge in [-0.3, -0.25) is 0 Å². The number of ether oxygens (including phenoxy) is 2. The van der Waals surface area contributed by atoms with Gasteiger partial charge in [-0.15, -0.1) is 25.8 Å². The van der Waals surface area contributed by atoms with E-state index in [0.29, 0.717) is 12.4 Å². The maximum Gasteiger partial charge on any atom is 0.175 e. The Morgan fingerprint density at radius 3 is 2.04 bits per heavy atom. The number of aryl methyl sites for hydroxylation is 2. The third-order valence-corrected chi connectivity index (χ3v) is 3.57. The third kappa shape index (κ3) is 6.03. The highest BCUT2D eigenvalue weighted by Crippen LogP contribution is 2.39. The van der Waals surface area contributed by atoms with Crippen LogP contribution in [0.1, 0.15) is 30.5 Å². The smallest absolute Gasteiger partial charge is 0.175 e. The Kier molecular flexibility index (Phi) is 10.7. The predicted molar refractivity (Wildman–Crippen MR) is 103 cm³/mol. The first-order valence-corrected chi connectivity index (χ1v) is 8.12. The average Bonchev–Trinajstić information content (AvgIpc) is 2.61. The first-order valence-electron chi connectivity index (χ1n) is 7.67. The molecule has 0 heterocycles. The lowest BCUT2D eigenvalue weighted by atomic mass is 10.1. The molecule has 0 aliphatic heterocycles. The van der Waals surface area contributed by atoms with Gasteiger partial charge in [0.25, 0.3) is 0 Å². The Morgan fingerprint density at radius 2 is 1.52 bits per heavy atom. The topological polar surface area (TPSA) is 18.5 Å². The molecule has 0 N–H and O–H groups in total. The molecule has 0 atom stereocenters. The van der Waals surface area contributed by atoms with Crippen molar-refractivity contribution in [3.05, 3.63) is 66.2 Å². The van der Waals surface area contributed by atoms with Crippen molar-refractivity contribution in [2.24, 2.45) is 0 Å². The highest BCUT2D eigenvalue weighted by atomic mass is 32.1. The van der Waals surface area contributed by atoms with Crippen molar-refractivity contribution in [3.63, 3.8) is 0 Å². The standard InChI is InChI=1S/C16H18O2S.C2H6.C2H4/c1-11-9-12(2)16(19)15(14(11)17-3)18-10-13-7-5-4-6-8-13;2*1-2/h4-9,19H,10H2,1-3H3;1-2H3;1-2H2. The van der Waals surface area contributed by atoms with E-state index < -0.39 is 0 Å². The Labute approximate surface area is 146 Å². The fourth-order valence-corrected chi connectivity index (χ4v) is 2.27. The molecule has 3 heteroatoms. The highest BCUT2D eigenvalue weighted by molar-refractivity contribution is 7.80. The van der Waals surface area contributed by atoms with Crippen LogP contribution in [0.15, 0.2) is 54.5 Å². The van der Waals surface area contributed by atoms with Crippen LogP contribution in [0, 0.1) is 13.8 Å². The van der Waals surface area contributed by atoms with Gasteiger partial charge in [0.1, 0.15) is 6.61 Å². The molecule has 0 aliphatic carbocycles. The van der Waals surface area contributed by atoms with E-state index in [2.05, 4.69) is 31.9 Å². The van der Waals surface area contributed by atoms with Crippen molar-refractivity contribution in [1.29, 1.82) is 0 Å². The first kappa shape index (κ1) is 21.1. The summed E-state index contributed by atoms with van der Waals surface area (Å²) >= 11 is 4.52. The zero-order valence-electron chi connectivity index (χ0n) is 14.8. The van der Waals surface area contributed by atoms with Crippen molar-refractivity contribution in [3.8, 4) is 11.5 Å².